The molecule has 1 unspecified atom stereocenters. The first-order valence-electron chi connectivity index (χ1n) is 14.4. The first-order chi connectivity index (χ1) is 16.7. The Morgan fingerprint density at radius 3 is 1.71 bits per heavy atom. The summed E-state index contributed by atoms with van der Waals surface area (Å²) in [6, 6.07) is 0. The molecule has 1 atom stereocenters. The highest BCUT2D eigenvalue weighted by Gasteiger charge is 2.29. The molecule has 6 heteroatoms. The van der Waals surface area contributed by atoms with Crippen LogP contribution >= 0.6 is 0 Å². The van der Waals surface area contributed by atoms with Gasteiger partial charge in [-0.1, -0.05) is 121 Å². The second kappa shape index (κ2) is 21.3. The zero-order valence-electron chi connectivity index (χ0n) is 22.8. The van der Waals surface area contributed by atoms with Crippen molar-refractivity contribution in [1.82, 2.24) is 20.3 Å². The Labute approximate surface area is 210 Å². The number of hydrogen-bond acceptors (Lipinski definition) is 5. The molecule has 0 aromatic carbocycles. The van der Waals surface area contributed by atoms with E-state index < -0.39 is 5.54 Å². The zero-order chi connectivity index (χ0) is 24.7. The van der Waals surface area contributed by atoms with Crippen LogP contribution in [0, 0.1) is 0 Å². The first-order valence-corrected chi connectivity index (χ1v) is 14.4. The molecule has 0 aliphatic carbocycles. The number of nitrogens with zero attached hydrogens (tertiary/aromatic N) is 3. The normalized spacial score (nSPS) is 13.4. The predicted molar refractivity (Wildman–Crippen MR) is 143 cm³/mol. The van der Waals surface area contributed by atoms with Crippen molar-refractivity contribution in [3.63, 3.8) is 0 Å². The quantitative estimate of drug-likeness (QED) is 0.157. The van der Waals surface area contributed by atoms with Gasteiger partial charge in [0.25, 0.3) is 0 Å². The van der Waals surface area contributed by atoms with E-state index in [1.807, 2.05) is 17.9 Å². The van der Waals surface area contributed by atoms with Crippen molar-refractivity contribution < 1.29 is 9.84 Å². The minimum Gasteiger partial charge on any atom is -0.394 e. The smallest absolute Gasteiger partial charge is 0.0847 e. The van der Waals surface area contributed by atoms with Crippen molar-refractivity contribution in [2.75, 3.05) is 27.4 Å². The van der Waals surface area contributed by atoms with Crippen LogP contribution in [0.1, 0.15) is 128 Å². The SMILES string of the molecule is CCCCCCCCCCCCCCCCCCCCn1cc(CC(CO)(COC)NC)nn1. The van der Waals surface area contributed by atoms with Crippen LogP contribution in [0.2, 0.25) is 0 Å². The molecule has 0 saturated heterocycles. The molecule has 1 heterocycles. The molecule has 1 aromatic rings. The molecule has 34 heavy (non-hydrogen) atoms. The van der Waals surface area contributed by atoms with Crippen LogP contribution in [0.25, 0.3) is 0 Å². The highest BCUT2D eigenvalue weighted by molar-refractivity contribution is 5.03. The van der Waals surface area contributed by atoms with Crippen LogP contribution in [0.15, 0.2) is 6.20 Å². The summed E-state index contributed by atoms with van der Waals surface area (Å²) in [4.78, 5) is 0. The van der Waals surface area contributed by atoms with Crippen molar-refractivity contribution in [2.24, 2.45) is 0 Å². The molecule has 0 fully saturated rings. The first kappa shape index (κ1) is 31.1. The van der Waals surface area contributed by atoms with Gasteiger partial charge in [0, 0.05) is 26.3 Å². The second-order valence-corrected chi connectivity index (χ2v) is 10.3. The number of ether oxygens (including phenoxy) is 1. The molecule has 1 aromatic heterocycles. The molecule has 0 aliphatic rings. The molecule has 1 rings (SSSR count). The summed E-state index contributed by atoms with van der Waals surface area (Å²) in [5, 5.41) is 21.5. The van der Waals surface area contributed by atoms with E-state index >= 15 is 0 Å². The fraction of sp³-hybridized carbons (Fsp3) is 0.929. The van der Waals surface area contributed by atoms with Gasteiger partial charge in [-0.2, -0.15) is 0 Å². The van der Waals surface area contributed by atoms with Gasteiger partial charge in [-0.05, 0) is 13.5 Å². The average molecular weight is 481 g/mol. The Balaban J connectivity index is 1.92. The lowest BCUT2D eigenvalue weighted by molar-refractivity contribution is 0.0666. The monoisotopic (exact) mass is 480 g/mol. The van der Waals surface area contributed by atoms with Crippen LogP contribution in [0.5, 0.6) is 0 Å². The summed E-state index contributed by atoms with van der Waals surface area (Å²) in [7, 11) is 3.50. The molecule has 2 N–H and O–H groups in total. The maximum Gasteiger partial charge on any atom is 0.0847 e. The van der Waals surface area contributed by atoms with Gasteiger partial charge >= 0.3 is 0 Å². The Kier molecular flexibility index (Phi) is 19.5. The number of aliphatic hydroxyl groups is 1. The molecule has 0 bridgehead atoms. The molecule has 0 aliphatic heterocycles. The number of nitrogens with one attached hydrogen (secondary N) is 1. The molecular formula is C28H56N4O2. The number of unbranched alkanes of at least 4 members (excludes halogenated alkanes) is 17. The molecule has 0 amide bonds. The van der Waals surface area contributed by atoms with Gasteiger partial charge in [0.1, 0.15) is 0 Å². The second-order valence-electron chi connectivity index (χ2n) is 10.3. The van der Waals surface area contributed by atoms with E-state index in [1.165, 1.54) is 109 Å². The largest absolute Gasteiger partial charge is 0.394 e. The van der Waals surface area contributed by atoms with Gasteiger partial charge in [0.2, 0.25) is 0 Å². The third-order valence-electron chi connectivity index (χ3n) is 7.10. The summed E-state index contributed by atoms with van der Waals surface area (Å²) in [5.74, 6) is 0. The number of hydrogen-bond donors (Lipinski definition) is 2. The molecule has 0 radical (unpaired) electrons. The third-order valence-corrected chi connectivity index (χ3v) is 7.10. The summed E-state index contributed by atoms with van der Waals surface area (Å²) in [6.45, 7) is 3.65. The van der Waals surface area contributed by atoms with Gasteiger partial charge in [0.15, 0.2) is 0 Å². The Morgan fingerprint density at radius 1 is 0.824 bits per heavy atom. The summed E-state index contributed by atoms with van der Waals surface area (Å²) >= 11 is 0. The molecular weight excluding hydrogens is 424 g/mol. The third kappa shape index (κ3) is 15.1. The fourth-order valence-electron chi connectivity index (χ4n) is 4.72. The number of methoxy groups -OCH3 is 1. The van der Waals surface area contributed by atoms with Crippen LogP contribution in [-0.2, 0) is 17.7 Å². The standard InChI is InChI=1S/C28H56N4O2/c1-4-5-6-7-8-9-10-11-12-13-14-15-16-17-18-19-20-21-22-32-24-27(30-31-32)23-28(25-33,29-2)26-34-3/h24,29,33H,4-23,25-26H2,1-3H3. The highest BCUT2D eigenvalue weighted by atomic mass is 16.5. The zero-order valence-corrected chi connectivity index (χ0v) is 22.8. The van der Waals surface area contributed by atoms with Crippen molar-refractivity contribution in [1.29, 1.82) is 0 Å². The van der Waals surface area contributed by atoms with Gasteiger partial charge in [-0.25, -0.2) is 0 Å². The van der Waals surface area contributed by atoms with E-state index in [-0.39, 0.29) is 6.61 Å². The van der Waals surface area contributed by atoms with Crippen LogP contribution in [0.3, 0.4) is 0 Å². The van der Waals surface area contributed by atoms with Crippen molar-refractivity contribution in [3.05, 3.63) is 11.9 Å². The number of aryl methyl sites for hydroxylation is 1. The van der Waals surface area contributed by atoms with E-state index in [1.54, 1.807) is 7.11 Å². The van der Waals surface area contributed by atoms with Gasteiger partial charge in [-0.15, -0.1) is 5.10 Å². The minimum absolute atomic E-state index is 0.00343. The molecule has 0 spiro atoms. The van der Waals surface area contributed by atoms with Crippen LogP contribution in [-0.4, -0.2) is 53.0 Å². The molecule has 0 saturated carbocycles. The van der Waals surface area contributed by atoms with Crippen LogP contribution < -0.4 is 5.32 Å². The van der Waals surface area contributed by atoms with Crippen molar-refractivity contribution in [3.8, 4) is 0 Å². The van der Waals surface area contributed by atoms with E-state index in [2.05, 4.69) is 22.6 Å². The van der Waals surface area contributed by atoms with Crippen LogP contribution in [0.4, 0.5) is 0 Å². The highest BCUT2D eigenvalue weighted by Crippen LogP contribution is 2.15. The average Bonchev–Trinajstić information content (AvgIpc) is 3.29. The minimum atomic E-state index is -0.497. The van der Waals surface area contributed by atoms with E-state index in [0.29, 0.717) is 13.0 Å². The fourth-order valence-corrected chi connectivity index (χ4v) is 4.72. The lowest BCUT2D eigenvalue weighted by Crippen LogP contribution is -2.52. The van der Waals surface area contributed by atoms with Gasteiger partial charge in [-0.3, -0.25) is 4.68 Å². The lowest BCUT2D eigenvalue weighted by atomic mass is 9.96. The van der Waals surface area contributed by atoms with Crippen molar-refractivity contribution >= 4 is 0 Å². The topological polar surface area (TPSA) is 72.2 Å². The van der Waals surface area contributed by atoms with E-state index in [9.17, 15) is 5.11 Å². The number of likely N-dealkylation sites (N-methyl/N-ethyl adjacent to an activating group) is 1. The number of aromatic nitrogens is 3. The Bertz CT molecular complexity index is 560. The Morgan fingerprint density at radius 2 is 1.29 bits per heavy atom. The Hall–Kier alpha value is -0.980. The lowest BCUT2D eigenvalue weighted by Gasteiger charge is -2.29. The maximum atomic E-state index is 9.75. The van der Waals surface area contributed by atoms with Gasteiger partial charge in [0.05, 0.1) is 24.4 Å². The van der Waals surface area contributed by atoms with Crippen molar-refractivity contribution in [2.45, 2.75) is 141 Å². The maximum absolute atomic E-state index is 9.75. The molecule has 6 nitrogen and oxygen atoms in total. The van der Waals surface area contributed by atoms with Gasteiger partial charge < -0.3 is 15.2 Å². The number of rotatable bonds is 25. The summed E-state index contributed by atoms with van der Waals surface area (Å²) in [6.07, 6.45) is 27.7. The predicted octanol–water partition coefficient (Wildman–Crippen LogP) is 6.46. The molecule has 200 valence electrons. The summed E-state index contributed by atoms with van der Waals surface area (Å²) in [5.41, 5.74) is 0.395. The summed E-state index contributed by atoms with van der Waals surface area (Å²) < 4.78 is 7.20. The van der Waals surface area contributed by atoms with E-state index in [4.69, 9.17) is 4.74 Å². The van der Waals surface area contributed by atoms with E-state index in [0.717, 1.165) is 18.7 Å². The number of aliphatic hydroxyl groups excluding tert-OH is 1.